The standard InChI is InChI=1S/C14H16ClF2NO3/c1-9-10(4-3-5-11(9)15)13(20)18-7-6-14(16,17)8-12(19)21-2/h3-5H,6-8H2,1-2H3,(H,18,20). The van der Waals surface area contributed by atoms with E-state index in [1.54, 1.807) is 25.1 Å². The molecule has 0 aromatic heterocycles. The van der Waals surface area contributed by atoms with E-state index in [1.807, 2.05) is 0 Å². The first kappa shape index (κ1) is 17.4. The van der Waals surface area contributed by atoms with E-state index in [2.05, 4.69) is 10.1 Å². The van der Waals surface area contributed by atoms with Crippen LogP contribution in [0.3, 0.4) is 0 Å². The number of nitrogens with one attached hydrogen (secondary N) is 1. The van der Waals surface area contributed by atoms with Crippen LogP contribution in [0.25, 0.3) is 0 Å². The number of rotatable bonds is 6. The van der Waals surface area contributed by atoms with E-state index in [-0.39, 0.29) is 6.54 Å². The predicted molar refractivity (Wildman–Crippen MR) is 74.7 cm³/mol. The molecule has 0 spiro atoms. The molecule has 0 aliphatic heterocycles. The van der Waals surface area contributed by atoms with Crippen LogP contribution in [0.1, 0.15) is 28.8 Å². The smallest absolute Gasteiger partial charge is 0.311 e. The van der Waals surface area contributed by atoms with Gasteiger partial charge in [0, 0.05) is 23.6 Å². The lowest BCUT2D eigenvalue weighted by Crippen LogP contribution is -2.31. The molecule has 0 saturated heterocycles. The van der Waals surface area contributed by atoms with Gasteiger partial charge in [-0.3, -0.25) is 9.59 Å². The molecule has 1 amide bonds. The van der Waals surface area contributed by atoms with E-state index in [0.717, 1.165) is 7.11 Å². The number of alkyl halides is 2. The molecule has 0 fully saturated rings. The zero-order chi connectivity index (χ0) is 16.0. The first-order chi connectivity index (χ1) is 9.76. The van der Waals surface area contributed by atoms with Crippen molar-refractivity contribution in [3.63, 3.8) is 0 Å². The minimum atomic E-state index is -3.22. The predicted octanol–water partition coefficient (Wildman–Crippen LogP) is 2.97. The number of hydrogen-bond donors (Lipinski definition) is 1. The minimum absolute atomic E-state index is 0.255. The Labute approximate surface area is 126 Å². The Hall–Kier alpha value is -1.69. The number of esters is 1. The second kappa shape index (κ2) is 7.36. The molecule has 0 radical (unpaired) electrons. The average molecular weight is 320 g/mol. The van der Waals surface area contributed by atoms with Crippen LogP contribution < -0.4 is 5.32 Å². The van der Waals surface area contributed by atoms with Crippen molar-refractivity contribution < 1.29 is 23.1 Å². The third kappa shape index (κ3) is 5.30. The quantitative estimate of drug-likeness (QED) is 0.820. The Bertz CT molecular complexity index is 535. The highest BCUT2D eigenvalue weighted by Gasteiger charge is 2.32. The van der Waals surface area contributed by atoms with E-state index >= 15 is 0 Å². The zero-order valence-corrected chi connectivity index (χ0v) is 12.5. The molecule has 1 aromatic rings. The molecule has 116 valence electrons. The Balaban J connectivity index is 2.54. The van der Waals surface area contributed by atoms with Gasteiger partial charge in [0.05, 0.1) is 7.11 Å². The second-order valence-electron chi connectivity index (χ2n) is 4.53. The lowest BCUT2D eigenvalue weighted by atomic mass is 10.1. The molecule has 0 atom stereocenters. The molecule has 21 heavy (non-hydrogen) atoms. The molecule has 0 aliphatic carbocycles. The number of amides is 1. The summed E-state index contributed by atoms with van der Waals surface area (Å²) in [6, 6.07) is 4.80. The van der Waals surface area contributed by atoms with E-state index < -0.39 is 30.6 Å². The molecule has 1 aromatic carbocycles. The van der Waals surface area contributed by atoms with E-state index in [4.69, 9.17) is 11.6 Å². The normalized spacial score (nSPS) is 11.1. The average Bonchev–Trinajstić information content (AvgIpc) is 2.40. The Morgan fingerprint density at radius 1 is 1.38 bits per heavy atom. The summed E-state index contributed by atoms with van der Waals surface area (Å²) in [5.41, 5.74) is 0.914. The Morgan fingerprint density at radius 2 is 2.05 bits per heavy atom. The van der Waals surface area contributed by atoms with Crippen molar-refractivity contribution in [2.24, 2.45) is 0 Å². The lowest BCUT2D eigenvalue weighted by molar-refractivity contribution is -0.148. The maximum Gasteiger partial charge on any atom is 0.311 e. The monoisotopic (exact) mass is 319 g/mol. The van der Waals surface area contributed by atoms with Crippen molar-refractivity contribution in [1.82, 2.24) is 5.32 Å². The first-order valence-corrected chi connectivity index (χ1v) is 6.62. The maximum absolute atomic E-state index is 13.4. The van der Waals surface area contributed by atoms with Crippen LogP contribution in [0.5, 0.6) is 0 Å². The third-order valence-electron chi connectivity index (χ3n) is 2.92. The van der Waals surface area contributed by atoms with Gasteiger partial charge >= 0.3 is 5.97 Å². The number of halogens is 3. The lowest BCUT2D eigenvalue weighted by Gasteiger charge is -2.15. The number of hydrogen-bond acceptors (Lipinski definition) is 3. The summed E-state index contributed by atoms with van der Waals surface area (Å²) in [5, 5.41) is 2.81. The molecule has 1 N–H and O–H groups in total. The highest BCUT2D eigenvalue weighted by Crippen LogP contribution is 2.23. The first-order valence-electron chi connectivity index (χ1n) is 6.25. The molecule has 0 unspecified atom stereocenters. The summed E-state index contributed by atoms with van der Waals surface area (Å²) in [6.07, 6.45) is -1.65. The number of methoxy groups -OCH3 is 1. The van der Waals surface area contributed by atoms with E-state index in [0.29, 0.717) is 16.1 Å². The Morgan fingerprint density at radius 3 is 2.67 bits per heavy atom. The van der Waals surface area contributed by atoms with Crippen molar-refractivity contribution in [3.8, 4) is 0 Å². The molecule has 1 rings (SSSR count). The van der Waals surface area contributed by atoms with Gasteiger partial charge in [0.25, 0.3) is 11.8 Å². The molecule has 4 nitrogen and oxygen atoms in total. The largest absolute Gasteiger partial charge is 0.469 e. The summed E-state index contributed by atoms with van der Waals surface area (Å²) in [7, 11) is 1.04. The van der Waals surface area contributed by atoms with Crippen LogP contribution in [-0.4, -0.2) is 31.5 Å². The molecule has 0 heterocycles. The van der Waals surface area contributed by atoms with Crippen LogP contribution in [0.2, 0.25) is 5.02 Å². The van der Waals surface area contributed by atoms with Crippen LogP contribution in [0, 0.1) is 6.92 Å². The van der Waals surface area contributed by atoms with Crippen molar-refractivity contribution in [2.75, 3.05) is 13.7 Å². The van der Waals surface area contributed by atoms with Gasteiger partial charge in [0.2, 0.25) is 0 Å². The molecule has 7 heteroatoms. The molecular weight excluding hydrogens is 304 g/mol. The van der Waals surface area contributed by atoms with Crippen molar-refractivity contribution in [2.45, 2.75) is 25.7 Å². The number of carbonyl (C=O) groups is 2. The van der Waals surface area contributed by atoms with Gasteiger partial charge in [-0.15, -0.1) is 0 Å². The maximum atomic E-state index is 13.4. The molecule has 0 saturated carbocycles. The zero-order valence-electron chi connectivity index (χ0n) is 11.7. The van der Waals surface area contributed by atoms with Gasteiger partial charge < -0.3 is 10.1 Å². The van der Waals surface area contributed by atoms with Crippen LogP contribution >= 0.6 is 11.6 Å². The summed E-state index contributed by atoms with van der Waals surface area (Å²) < 4.78 is 31.0. The molecule has 0 aliphatic rings. The summed E-state index contributed by atoms with van der Waals surface area (Å²) >= 11 is 5.89. The van der Waals surface area contributed by atoms with Gasteiger partial charge in [-0.1, -0.05) is 17.7 Å². The Kier molecular flexibility index (Phi) is 6.08. The van der Waals surface area contributed by atoms with Crippen molar-refractivity contribution in [3.05, 3.63) is 34.3 Å². The number of ether oxygens (including phenoxy) is 1. The number of benzene rings is 1. The highest BCUT2D eigenvalue weighted by atomic mass is 35.5. The fraction of sp³-hybridized carbons (Fsp3) is 0.429. The van der Waals surface area contributed by atoms with Crippen LogP contribution in [0.15, 0.2) is 18.2 Å². The molecule has 0 bridgehead atoms. The van der Waals surface area contributed by atoms with E-state index in [1.165, 1.54) is 0 Å². The van der Waals surface area contributed by atoms with Gasteiger partial charge in [-0.2, -0.15) is 0 Å². The van der Waals surface area contributed by atoms with Gasteiger partial charge in [0.1, 0.15) is 6.42 Å². The van der Waals surface area contributed by atoms with Gasteiger partial charge in [0.15, 0.2) is 0 Å². The highest BCUT2D eigenvalue weighted by molar-refractivity contribution is 6.31. The molecular formula is C14H16ClF2NO3. The summed E-state index contributed by atoms with van der Waals surface area (Å²) in [6.45, 7) is 1.41. The van der Waals surface area contributed by atoms with Crippen molar-refractivity contribution in [1.29, 1.82) is 0 Å². The third-order valence-corrected chi connectivity index (χ3v) is 3.33. The fourth-order valence-electron chi connectivity index (χ4n) is 1.68. The topological polar surface area (TPSA) is 55.4 Å². The second-order valence-corrected chi connectivity index (χ2v) is 4.93. The minimum Gasteiger partial charge on any atom is -0.469 e. The van der Waals surface area contributed by atoms with Gasteiger partial charge in [-0.25, -0.2) is 8.78 Å². The van der Waals surface area contributed by atoms with Crippen LogP contribution in [-0.2, 0) is 9.53 Å². The summed E-state index contributed by atoms with van der Waals surface area (Å²) in [4.78, 5) is 22.7. The van der Waals surface area contributed by atoms with Crippen LogP contribution in [0.4, 0.5) is 8.78 Å². The number of carbonyl (C=O) groups excluding carboxylic acids is 2. The van der Waals surface area contributed by atoms with Crippen molar-refractivity contribution >= 4 is 23.5 Å². The fourth-order valence-corrected chi connectivity index (χ4v) is 1.85. The van der Waals surface area contributed by atoms with Gasteiger partial charge in [-0.05, 0) is 24.6 Å². The summed E-state index contributed by atoms with van der Waals surface area (Å²) in [5.74, 6) is -4.69. The SMILES string of the molecule is COC(=O)CC(F)(F)CCNC(=O)c1cccc(Cl)c1C. The van der Waals surface area contributed by atoms with E-state index in [9.17, 15) is 18.4 Å².